The fourth-order valence-electron chi connectivity index (χ4n) is 3.00. The van der Waals surface area contributed by atoms with Crippen molar-refractivity contribution in [2.75, 3.05) is 26.7 Å². The maximum Gasteiger partial charge on any atom is 0.236 e. The largest absolute Gasteiger partial charge is 0.340 e. The molecule has 1 amide bonds. The molecule has 1 aliphatic heterocycles. The summed E-state index contributed by atoms with van der Waals surface area (Å²) in [5.41, 5.74) is 0. The van der Waals surface area contributed by atoms with Gasteiger partial charge in [0, 0.05) is 30.6 Å². The first-order chi connectivity index (χ1) is 10.2. The normalized spacial score (nSPS) is 21.9. The third kappa shape index (κ3) is 4.28. The van der Waals surface area contributed by atoms with Crippen LogP contribution in [0.1, 0.15) is 30.6 Å². The molecule has 1 aliphatic carbocycles. The molecule has 0 spiro atoms. The highest BCUT2D eigenvalue weighted by Crippen LogP contribution is 2.27. The zero-order valence-electron chi connectivity index (χ0n) is 12.8. The highest BCUT2D eigenvalue weighted by Gasteiger charge is 2.32. The van der Waals surface area contributed by atoms with Crippen LogP contribution in [0.3, 0.4) is 0 Å². The standard InChI is InChI=1S/C16H25N3OS/c1-18(11-15-5-3-9-21-15)16(20)12-19(14-6-7-14)10-13-4-2-8-17-13/h3,5,9,13-14,17H,2,4,6-8,10-12H2,1H3. The second kappa shape index (κ2) is 6.90. The zero-order valence-corrected chi connectivity index (χ0v) is 13.6. The van der Waals surface area contributed by atoms with E-state index in [9.17, 15) is 4.79 Å². The molecule has 1 saturated heterocycles. The van der Waals surface area contributed by atoms with E-state index in [1.807, 2.05) is 18.0 Å². The molecule has 21 heavy (non-hydrogen) atoms. The molecular formula is C16H25N3OS. The number of rotatable bonds is 7. The first kappa shape index (κ1) is 15.0. The van der Waals surface area contributed by atoms with Gasteiger partial charge in [0.1, 0.15) is 0 Å². The summed E-state index contributed by atoms with van der Waals surface area (Å²) in [5, 5.41) is 5.61. The number of hydrogen-bond donors (Lipinski definition) is 1. The molecule has 0 aromatic carbocycles. The zero-order chi connectivity index (χ0) is 14.7. The van der Waals surface area contributed by atoms with Crippen LogP contribution in [0.4, 0.5) is 0 Å². The molecule has 5 heteroatoms. The summed E-state index contributed by atoms with van der Waals surface area (Å²) in [6.45, 7) is 3.47. The van der Waals surface area contributed by atoms with Gasteiger partial charge in [0.2, 0.25) is 5.91 Å². The van der Waals surface area contributed by atoms with Gasteiger partial charge < -0.3 is 10.2 Å². The molecule has 1 saturated carbocycles. The minimum absolute atomic E-state index is 0.244. The number of likely N-dealkylation sites (N-methyl/N-ethyl adjacent to an activating group) is 1. The van der Waals surface area contributed by atoms with Crippen LogP contribution in [0.2, 0.25) is 0 Å². The summed E-state index contributed by atoms with van der Waals surface area (Å²) in [6, 6.07) is 5.36. The lowest BCUT2D eigenvalue weighted by molar-refractivity contribution is -0.131. The Morgan fingerprint density at radius 1 is 1.43 bits per heavy atom. The van der Waals surface area contributed by atoms with E-state index >= 15 is 0 Å². The quantitative estimate of drug-likeness (QED) is 0.836. The first-order valence-electron chi connectivity index (χ1n) is 7.96. The van der Waals surface area contributed by atoms with Crippen molar-refractivity contribution in [1.29, 1.82) is 0 Å². The third-order valence-electron chi connectivity index (χ3n) is 4.42. The van der Waals surface area contributed by atoms with Crippen LogP contribution >= 0.6 is 11.3 Å². The predicted octanol–water partition coefficient (Wildman–Crippen LogP) is 1.92. The van der Waals surface area contributed by atoms with Crippen molar-refractivity contribution in [2.45, 2.75) is 44.3 Å². The maximum absolute atomic E-state index is 12.5. The molecule has 2 aliphatic rings. The van der Waals surface area contributed by atoms with E-state index in [1.54, 1.807) is 11.3 Å². The highest BCUT2D eigenvalue weighted by atomic mass is 32.1. The Bertz CT molecular complexity index is 452. The summed E-state index contributed by atoms with van der Waals surface area (Å²) in [4.78, 5) is 18.0. The van der Waals surface area contributed by atoms with E-state index in [1.165, 1.54) is 30.6 Å². The number of thiophene rings is 1. The van der Waals surface area contributed by atoms with E-state index in [4.69, 9.17) is 0 Å². The lowest BCUT2D eigenvalue weighted by atomic mass is 10.2. The molecular weight excluding hydrogens is 282 g/mol. The van der Waals surface area contributed by atoms with Crippen LogP contribution in [-0.4, -0.2) is 54.5 Å². The number of nitrogens with zero attached hydrogens (tertiary/aromatic N) is 2. The summed E-state index contributed by atoms with van der Waals surface area (Å²) >= 11 is 1.71. The molecule has 2 fully saturated rings. The number of carbonyl (C=O) groups is 1. The summed E-state index contributed by atoms with van der Waals surface area (Å²) < 4.78 is 0. The fourth-order valence-corrected chi connectivity index (χ4v) is 3.75. The highest BCUT2D eigenvalue weighted by molar-refractivity contribution is 7.09. The van der Waals surface area contributed by atoms with E-state index in [2.05, 4.69) is 21.7 Å². The van der Waals surface area contributed by atoms with E-state index in [0.29, 0.717) is 18.6 Å². The van der Waals surface area contributed by atoms with Gasteiger partial charge in [-0.25, -0.2) is 0 Å². The molecule has 4 nitrogen and oxygen atoms in total. The van der Waals surface area contributed by atoms with Gasteiger partial charge in [0.15, 0.2) is 0 Å². The van der Waals surface area contributed by atoms with Gasteiger partial charge in [-0.3, -0.25) is 9.69 Å². The average Bonchev–Trinajstić information content (AvgIpc) is 2.96. The molecule has 2 heterocycles. The Hall–Kier alpha value is -0.910. The van der Waals surface area contributed by atoms with Gasteiger partial charge in [-0.05, 0) is 43.7 Å². The van der Waals surface area contributed by atoms with Crippen molar-refractivity contribution in [3.05, 3.63) is 22.4 Å². The minimum Gasteiger partial charge on any atom is -0.340 e. The molecule has 1 N–H and O–H groups in total. The SMILES string of the molecule is CN(Cc1cccs1)C(=O)CN(CC1CCCN1)C1CC1. The average molecular weight is 307 g/mol. The molecule has 3 rings (SSSR count). The maximum atomic E-state index is 12.5. The van der Waals surface area contributed by atoms with Crippen LogP contribution in [0.5, 0.6) is 0 Å². The number of hydrogen-bond acceptors (Lipinski definition) is 4. The van der Waals surface area contributed by atoms with Crippen LogP contribution in [0.15, 0.2) is 17.5 Å². The predicted molar refractivity (Wildman–Crippen MR) is 86.4 cm³/mol. The number of nitrogens with one attached hydrogen (secondary N) is 1. The Kier molecular flexibility index (Phi) is 4.93. The van der Waals surface area contributed by atoms with Crippen molar-refractivity contribution in [3.63, 3.8) is 0 Å². The van der Waals surface area contributed by atoms with Gasteiger partial charge in [0.05, 0.1) is 13.1 Å². The van der Waals surface area contributed by atoms with E-state index in [0.717, 1.165) is 19.6 Å². The Balaban J connectivity index is 1.50. The van der Waals surface area contributed by atoms with Gasteiger partial charge in [-0.15, -0.1) is 11.3 Å². The van der Waals surface area contributed by atoms with Crippen LogP contribution in [0, 0.1) is 0 Å². The summed E-state index contributed by atoms with van der Waals surface area (Å²) in [6.07, 6.45) is 5.04. The second-order valence-electron chi connectivity index (χ2n) is 6.28. The summed E-state index contributed by atoms with van der Waals surface area (Å²) in [7, 11) is 1.92. The molecule has 1 aromatic heterocycles. The lowest BCUT2D eigenvalue weighted by Crippen LogP contribution is -2.44. The van der Waals surface area contributed by atoms with Crippen molar-refractivity contribution in [3.8, 4) is 0 Å². The van der Waals surface area contributed by atoms with Gasteiger partial charge in [0.25, 0.3) is 0 Å². The molecule has 0 bridgehead atoms. The van der Waals surface area contributed by atoms with E-state index < -0.39 is 0 Å². The van der Waals surface area contributed by atoms with Crippen LogP contribution < -0.4 is 5.32 Å². The van der Waals surface area contributed by atoms with Gasteiger partial charge >= 0.3 is 0 Å². The van der Waals surface area contributed by atoms with Crippen molar-refractivity contribution in [2.24, 2.45) is 0 Å². The fraction of sp³-hybridized carbons (Fsp3) is 0.688. The lowest BCUT2D eigenvalue weighted by Gasteiger charge is -2.27. The molecule has 1 aromatic rings. The van der Waals surface area contributed by atoms with Crippen LogP contribution in [0.25, 0.3) is 0 Å². The molecule has 1 unspecified atom stereocenters. The monoisotopic (exact) mass is 307 g/mol. The van der Waals surface area contributed by atoms with Crippen molar-refractivity contribution in [1.82, 2.24) is 15.1 Å². The van der Waals surface area contributed by atoms with E-state index in [-0.39, 0.29) is 5.91 Å². The van der Waals surface area contributed by atoms with Crippen LogP contribution in [-0.2, 0) is 11.3 Å². The first-order valence-corrected chi connectivity index (χ1v) is 8.84. The Morgan fingerprint density at radius 2 is 2.29 bits per heavy atom. The topological polar surface area (TPSA) is 35.6 Å². The minimum atomic E-state index is 0.244. The summed E-state index contributed by atoms with van der Waals surface area (Å²) in [5.74, 6) is 0.244. The number of carbonyl (C=O) groups excluding carboxylic acids is 1. The number of amides is 1. The molecule has 0 radical (unpaired) electrons. The molecule has 1 atom stereocenters. The van der Waals surface area contributed by atoms with Crippen molar-refractivity contribution < 1.29 is 4.79 Å². The second-order valence-corrected chi connectivity index (χ2v) is 7.32. The van der Waals surface area contributed by atoms with Gasteiger partial charge in [-0.2, -0.15) is 0 Å². The third-order valence-corrected chi connectivity index (χ3v) is 5.28. The smallest absolute Gasteiger partial charge is 0.236 e. The molecule has 116 valence electrons. The Labute approximate surface area is 131 Å². The Morgan fingerprint density at radius 3 is 2.90 bits per heavy atom. The van der Waals surface area contributed by atoms with Crippen molar-refractivity contribution >= 4 is 17.2 Å². The van der Waals surface area contributed by atoms with Gasteiger partial charge in [-0.1, -0.05) is 6.07 Å².